The number of carboxylic acids is 1. The van der Waals surface area contributed by atoms with E-state index in [-0.39, 0.29) is 21.2 Å². The summed E-state index contributed by atoms with van der Waals surface area (Å²) in [5.41, 5.74) is 3.98. The van der Waals surface area contributed by atoms with E-state index in [4.69, 9.17) is 11.6 Å². The first kappa shape index (κ1) is 24.6. The lowest BCUT2D eigenvalue weighted by molar-refractivity contribution is 0.0697. The fourth-order valence-corrected chi connectivity index (χ4v) is 5.34. The van der Waals surface area contributed by atoms with Crippen LogP contribution < -0.4 is 9.62 Å². The second-order valence-corrected chi connectivity index (χ2v) is 9.93. The summed E-state index contributed by atoms with van der Waals surface area (Å²) in [4.78, 5) is 13.7. The predicted octanol–water partition coefficient (Wildman–Crippen LogP) is 4.26. The van der Waals surface area contributed by atoms with Crippen molar-refractivity contribution in [2.45, 2.75) is 31.6 Å². The van der Waals surface area contributed by atoms with E-state index in [2.05, 4.69) is 9.82 Å². The van der Waals surface area contributed by atoms with Gasteiger partial charge in [-0.1, -0.05) is 23.7 Å². The number of rotatable bonds is 9. The van der Waals surface area contributed by atoms with Gasteiger partial charge >= 0.3 is 5.97 Å². The molecule has 0 fully saturated rings. The topological polar surface area (TPSA) is 105 Å². The Bertz CT molecular complexity index is 1290. The van der Waals surface area contributed by atoms with Crippen molar-refractivity contribution < 1.29 is 18.3 Å². The molecule has 1 heterocycles. The molecule has 0 aliphatic carbocycles. The van der Waals surface area contributed by atoms with Crippen molar-refractivity contribution in [3.05, 3.63) is 70.0 Å². The summed E-state index contributed by atoms with van der Waals surface area (Å²) >= 11 is 6.01. The number of carboxylic acid groups (broad SMARTS) is 1. The molecule has 0 unspecified atom stereocenters. The van der Waals surface area contributed by atoms with Gasteiger partial charge in [-0.2, -0.15) is 5.10 Å². The van der Waals surface area contributed by atoms with Crippen LogP contribution in [-0.4, -0.2) is 42.9 Å². The molecule has 2 N–H and O–H groups in total. The highest BCUT2D eigenvalue weighted by atomic mass is 35.5. The molecule has 3 rings (SSSR count). The Balaban J connectivity index is 1.77. The Kier molecular flexibility index (Phi) is 7.34. The summed E-state index contributed by atoms with van der Waals surface area (Å²) in [5, 5.41) is 14.3. The Hall–Kier alpha value is -3.04. The molecular formula is C23H27ClN4O4S. The third-order valence-electron chi connectivity index (χ3n) is 5.60. The lowest BCUT2D eigenvalue weighted by Gasteiger charge is -2.22. The van der Waals surface area contributed by atoms with Gasteiger partial charge in [-0.3, -0.25) is 9.40 Å². The van der Waals surface area contributed by atoms with Crippen molar-refractivity contribution >= 4 is 39.0 Å². The number of aromatic nitrogens is 2. The van der Waals surface area contributed by atoms with Gasteiger partial charge in [0.15, 0.2) is 0 Å². The summed E-state index contributed by atoms with van der Waals surface area (Å²) < 4.78 is 29.7. The Labute approximate surface area is 198 Å². The molecule has 0 aliphatic heterocycles. The number of halogens is 1. The van der Waals surface area contributed by atoms with Crippen LogP contribution in [0.2, 0.25) is 5.02 Å². The summed E-state index contributed by atoms with van der Waals surface area (Å²) in [6, 6.07) is 10.5. The highest BCUT2D eigenvalue weighted by Crippen LogP contribution is 2.28. The average Bonchev–Trinajstić information content (AvgIpc) is 2.99. The summed E-state index contributed by atoms with van der Waals surface area (Å²) in [6.07, 6.45) is 1.64. The maximum absolute atomic E-state index is 12.7. The molecule has 0 saturated carbocycles. The van der Waals surface area contributed by atoms with Gasteiger partial charge in [-0.25, -0.2) is 13.2 Å². The fourth-order valence-electron chi connectivity index (χ4n) is 3.77. The fraction of sp³-hybridized carbons (Fsp3) is 0.304. The minimum Gasteiger partial charge on any atom is -0.478 e. The molecule has 1 aromatic heterocycles. The van der Waals surface area contributed by atoms with Crippen LogP contribution in [0, 0.1) is 13.8 Å². The summed E-state index contributed by atoms with van der Waals surface area (Å²) in [7, 11) is -0.234. The van der Waals surface area contributed by atoms with Crippen molar-refractivity contribution in [3.8, 4) is 0 Å². The highest BCUT2D eigenvalue weighted by molar-refractivity contribution is 7.92. The standard InChI is InChI=1S/C23H27ClN4O4S/c1-15-18(16(2)28(4)25-15)8-7-13-27(3)21-12-11-17(14-19(21)23(29)30)26-33(31,32)22-10-6-5-9-20(22)24/h5-6,9-12,14,26H,7-8,13H2,1-4H3,(H,29,30). The molecule has 8 nitrogen and oxygen atoms in total. The van der Waals surface area contributed by atoms with E-state index in [1.165, 1.54) is 23.8 Å². The van der Waals surface area contributed by atoms with E-state index in [0.717, 1.165) is 24.2 Å². The Morgan fingerprint density at radius 1 is 1.21 bits per heavy atom. The molecule has 10 heteroatoms. The molecule has 3 aromatic rings. The molecule has 0 radical (unpaired) electrons. The van der Waals surface area contributed by atoms with Crippen molar-refractivity contribution in [2.24, 2.45) is 7.05 Å². The molecule has 0 amide bonds. The van der Waals surface area contributed by atoms with E-state index in [0.29, 0.717) is 12.2 Å². The van der Waals surface area contributed by atoms with Crippen LogP contribution in [-0.2, 0) is 23.5 Å². The normalized spacial score (nSPS) is 11.4. The second kappa shape index (κ2) is 9.84. The number of hydrogen-bond acceptors (Lipinski definition) is 5. The number of anilines is 2. The first-order valence-corrected chi connectivity index (χ1v) is 12.2. The van der Waals surface area contributed by atoms with Crippen molar-refractivity contribution in [1.82, 2.24) is 9.78 Å². The van der Waals surface area contributed by atoms with Crippen LogP contribution in [0.25, 0.3) is 0 Å². The van der Waals surface area contributed by atoms with Crippen LogP contribution in [0.15, 0.2) is 47.4 Å². The third kappa shape index (κ3) is 5.48. The van der Waals surface area contributed by atoms with Gasteiger partial charge in [0.05, 0.1) is 22.0 Å². The van der Waals surface area contributed by atoms with Gasteiger partial charge in [0.25, 0.3) is 10.0 Å². The first-order valence-electron chi connectivity index (χ1n) is 10.4. The number of sulfonamides is 1. The number of hydrogen-bond donors (Lipinski definition) is 2. The van der Waals surface area contributed by atoms with Gasteiger partial charge in [0, 0.05) is 32.0 Å². The van der Waals surface area contributed by atoms with Crippen molar-refractivity contribution in [2.75, 3.05) is 23.2 Å². The molecule has 2 aromatic carbocycles. The van der Waals surface area contributed by atoms with Crippen LogP contribution >= 0.6 is 11.6 Å². The zero-order valence-corrected chi connectivity index (χ0v) is 20.5. The quantitative estimate of drug-likeness (QED) is 0.464. The van der Waals surface area contributed by atoms with E-state index in [1.54, 1.807) is 24.3 Å². The zero-order chi connectivity index (χ0) is 24.3. The van der Waals surface area contributed by atoms with E-state index >= 15 is 0 Å². The van der Waals surface area contributed by atoms with E-state index in [1.807, 2.05) is 37.5 Å². The Morgan fingerprint density at radius 3 is 2.52 bits per heavy atom. The second-order valence-electron chi connectivity index (χ2n) is 7.87. The molecule has 0 spiro atoms. The predicted molar refractivity (Wildman–Crippen MR) is 130 cm³/mol. The molecule has 0 aliphatic rings. The number of aromatic carboxylic acids is 1. The molecule has 0 bridgehead atoms. The van der Waals surface area contributed by atoms with Gasteiger partial charge in [0.1, 0.15) is 4.90 Å². The van der Waals surface area contributed by atoms with Crippen LogP contribution in [0.3, 0.4) is 0 Å². The van der Waals surface area contributed by atoms with Crippen molar-refractivity contribution in [1.29, 1.82) is 0 Å². The molecule has 176 valence electrons. The number of nitrogens with one attached hydrogen (secondary N) is 1. The zero-order valence-electron chi connectivity index (χ0n) is 19.0. The highest BCUT2D eigenvalue weighted by Gasteiger charge is 2.20. The van der Waals surface area contributed by atoms with Gasteiger partial charge in [0.2, 0.25) is 0 Å². The maximum atomic E-state index is 12.7. The van der Waals surface area contributed by atoms with Crippen LogP contribution in [0.5, 0.6) is 0 Å². The van der Waals surface area contributed by atoms with E-state index < -0.39 is 16.0 Å². The lowest BCUT2D eigenvalue weighted by atomic mass is 10.1. The molecular weight excluding hydrogens is 464 g/mol. The minimum atomic E-state index is -3.97. The van der Waals surface area contributed by atoms with E-state index in [9.17, 15) is 18.3 Å². The largest absolute Gasteiger partial charge is 0.478 e. The summed E-state index contributed by atoms with van der Waals surface area (Å²) in [6.45, 7) is 4.64. The van der Waals surface area contributed by atoms with Gasteiger partial charge in [-0.05, 0) is 62.6 Å². The molecule has 33 heavy (non-hydrogen) atoms. The van der Waals surface area contributed by atoms with Crippen LogP contribution in [0.4, 0.5) is 11.4 Å². The van der Waals surface area contributed by atoms with Crippen molar-refractivity contribution in [3.63, 3.8) is 0 Å². The Morgan fingerprint density at radius 2 is 1.91 bits per heavy atom. The molecule has 0 atom stereocenters. The number of carbonyl (C=O) groups is 1. The minimum absolute atomic E-state index is 0.00518. The van der Waals surface area contributed by atoms with Gasteiger partial charge < -0.3 is 10.0 Å². The third-order valence-corrected chi connectivity index (χ3v) is 7.48. The summed E-state index contributed by atoms with van der Waals surface area (Å²) in [5.74, 6) is -1.14. The number of nitrogens with zero attached hydrogens (tertiary/aromatic N) is 3. The van der Waals surface area contributed by atoms with Gasteiger partial charge in [-0.15, -0.1) is 0 Å². The lowest BCUT2D eigenvalue weighted by Crippen LogP contribution is -2.22. The number of benzene rings is 2. The number of aryl methyl sites for hydroxylation is 2. The first-order chi connectivity index (χ1) is 15.5. The average molecular weight is 491 g/mol. The van der Waals surface area contributed by atoms with Crippen LogP contribution in [0.1, 0.15) is 33.7 Å². The molecule has 0 saturated heterocycles. The SMILES string of the molecule is Cc1nn(C)c(C)c1CCCN(C)c1ccc(NS(=O)(=O)c2ccccc2Cl)cc1C(=O)O. The smallest absolute Gasteiger partial charge is 0.337 e. The monoisotopic (exact) mass is 490 g/mol. The maximum Gasteiger partial charge on any atom is 0.337 e.